The molecule has 0 saturated carbocycles. The highest BCUT2D eigenvalue weighted by Crippen LogP contribution is 2.20. The van der Waals surface area contributed by atoms with E-state index in [2.05, 4.69) is 20.8 Å². The molecule has 3 aromatic rings. The van der Waals surface area contributed by atoms with Gasteiger partial charge in [-0.1, -0.05) is 30.3 Å². The molecule has 1 aliphatic rings. The number of aromatic nitrogens is 2. The van der Waals surface area contributed by atoms with Gasteiger partial charge in [0.2, 0.25) is 11.8 Å². The monoisotopic (exact) mass is 348 g/mol. The molecule has 2 aromatic carbocycles. The van der Waals surface area contributed by atoms with E-state index in [4.69, 9.17) is 0 Å². The summed E-state index contributed by atoms with van der Waals surface area (Å²) in [5.41, 5.74) is 2.71. The highest BCUT2D eigenvalue weighted by atomic mass is 16.2. The average Bonchev–Trinajstić information content (AvgIpc) is 3.19. The lowest BCUT2D eigenvalue weighted by Crippen LogP contribution is -2.22. The molecule has 7 heteroatoms. The summed E-state index contributed by atoms with van der Waals surface area (Å²) < 4.78 is 0. The number of carbonyl (C=O) groups excluding carboxylic acids is 3. The van der Waals surface area contributed by atoms with Crippen LogP contribution in [0.3, 0.4) is 0 Å². The maximum Gasteiger partial charge on any atom is 0.276 e. The minimum Gasteiger partial charge on any atom is -0.321 e. The minimum absolute atomic E-state index is 0.224. The van der Waals surface area contributed by atoms with Crippen molar-refractivity contribution in [3.63, 3.8) is 0 Å². The molecule has 3 N–H and O–H groups in total. The number of aromatic amines is 1. The third-order valence-electron chi connectivity index (χ3n) is 4.44. The molecule has 0 unspecified atom stereocenters. The highest BCUT2D eigenvalue weighted by molar-refractivity contribution is 6.11. The number of amides is 3. The maximum absolute atomic E-state index is 12.4. The number of rotatable bonds is 4. The van der Waals surface area contributed by atoms with E-state index < -0.39 is 0 Å². The molecule has 7 nitrogen and oxygen atoms in total. The summed E-state index contributed by atoms with van der Waals surface area (Å²) in [4.78, 5) is 35.3. The van der Waals surface area contributed by atoms with Gasteiger partial charge in [-0.3, -0.25) is 24.8 Å². The van der Waals surface area contributed by atoms with E-state index in [1.165, 1.54) is 0 Å². The summed E-state index contributed by atoms with van der Waals surface area (Å²) in [7, 11) is 0. The summed E-state index contributed by atoms with van der Waals surface area (Å²) in [5, 5.41) is 12.8. The maximum atomic E-state index is 12.4. The molecule has 2 heterocycles. The number of nitrogens with zero attached hydrogens (tertiary/aromatic N) is 1. The summed E-state index contributed by atoms with van der Waals surface area (Å²) >= 11 is 0. The Morgan fingerprint density at radius 2 is 1.88 bits per heavy atom. The van der Waals surface area contributed by atoms with Gasteiger partial charge in [-0.25, -0.2) is 0 Å². The van der Waals surface area contributed by atoms with Crippen molar-refractivity contribution in [2.24, 2.45) is 5.92 Å². The Morgan fingerprint density at radius 1 is 1.12 bits per heavy atom. The minimum atomic E-state index is -0.321. The first kappa shape index (κ1) is 16.0. The number of carbonyl (C=O) groups is 3. The van der Waals surface area contributed by atoms with Crippen LogP contribution in [0, 0.1) is 5.92 Å². The van der Waals surface area contributed by atoms with Crippen LogP contribution in [-0.2, 0) is 16.0 Å². The first-order valence-electron chi connectivity index (χ1n) is 8.27. The van der Waals surface area contributed by atoms with E-state index in [1.807, 2.05) is 36.4 Å². The number of nitrogens with one attached hydrogen (secondary N) is 3. The van der Waals surface area contributed by atoms with Gasteiger partial charge in [-0.05, 0) is 30.2 Å². The fourth-order valence-corrected chi connectivity index (χ4v) is 3.11. The zero-order chi connectivity index (χ0) is 18.1. The second-order valence-electron chi connectivity index (χ2n) is 6.29. The van der Waals surface area contributed by atoms with Crippen molar-refractivity contribution in [3.05, 3.63) is 59.8 Å². The normalized spacial score (nSPS) is 16.7. The first-order valence-corrected chi connectivity index (χ1v) is 8.27. The van der Waals surface area contributed by atoms with Crippen LogP contribution in [0.4, 0.5) is 5.69 Å². The largest absolute Gasteiger partial charge is 0.321 e. The second-order valence-corrected chi connectivity index (χ2v) is 6.29. The van der Waals surface area contributed by atoms with Crippen molar-refractivity contribution in [3.8, 4) is 0 Å². The molecule has 1 aliphatic heterocycles. The van der Waals surface area contributed by atoms with Gasteiger partial charge >= 0.3 is 0 Å². The van der Waals surface area contributed by atoms with Gasteiger partial charge in [-0.15, -0.1) is 0 Å². The van der Waals surface area contributed by atoms with Crippen LogP contribution in [0.5, 0.6) is 0 Å². The van der Waals surface area contributed by atoms with Crippen molar-refractivity contribution >= 4 is 34.3 Å². The third-order valence-corrected chi connectivity index (χ3v) is 4.44. The van der Waals surface area contributed by atoms with Gasteiger partial charge in [0, 0.05) is 17.5 Å². The van der Waals surface area contributed by atoms with E-state index in [0.717, 1.165) is 16.5 Å². The summed E-state index contributed by atoms with van der Waals surface area (Å²) in [6, 6.07) is 14.7. The van der Waals surface area contributed by atoms with Gasteiger partial charge < -0.3 is 5.32 Å². The van der Waals surface area contributed by atoms with Crippen LogP contribution in [0.15, 0.2) is 48.5 Å². The Balaban J connectivity index is 1.45. The van der Waals surface area contributed by atoms with E-state index in [1.54, 1.807) is 12.1 Å². The number of imide groups is 1. The van der Waals surface area contributed by atoms with Crippen LogP contribution >= 0.6 is 0 Å². The standard InChI is InChI=1S/C19H16N4O3/c24-16-10-12(18(25)21-16)9-11-5-7-13(8-6-11)20-19(26)17-14-3-1-2-4-15(14)22-23-17/h1-8,12H,9-10H2,(H,20,26)(H,22,23)(H,21,24,25)/t12-/m0/s1. The fourth-order valence-electron chi connectivity index (χ4n) is 3.11. The molecule has 130 valence electrons. The number of hydrogen-bond donors (Lipinski definition) is 3. The van der Waals surface area contributed by atoms with Gasteiger partial charge in [0.25, 0.3) is 5.91 Å². The van der Waals surface area contributed by atoms with Gasteiger partial charge in [0.15, 0.2) is 5.69 Å². The Kier molecular flexibility index (Phi) is 3.96. The molecule has 1 saturated heterocycles. The van der Waals surface area contributed by atoms with Crippen molar-refractivity contribution < 1.29 is 14.4 Å². The first-order chi connectivity index (χ1) is 12.6. The van der Waals surface area contributed by atoms with Gasteiger partial charge in [-0.2, -0.15) is 5.10 Å². The number of hydrogen-bond acceptors (Lipinski definition) is 4. The number of fused-ring (bicyclic) bond motifs is 1. The Bertz CT molecular complexity index is 1010. The second kappa shape index (κ2) is 6.44. The topological polar surface area (TPSA) is 104 Å². The number of para-hydroxylation sites is 1. The molecular weight excluding hydrogens is 332 g/mol. The molecule has 0 aliphatic carbocycles. The number of benzene rings is 2. The number of H-pyrrole nitrogens is 1. The van der Waals surface area contributed by atoms with E-state index in [0.29, 0.717) is 17.8 Å². The molecule has 0 bridgehead atoms. The van der Waals surface area contributed by atoms with Crippen LogP contribution in [0.2, 0.25) is 0 Å². The molecular formula is C19H16N4O3. The number of anilines is 1. The summed E-state index contributed by atoms with van der Waals surface area (Å²) in [6.45, 7) is 0. The van der Waals surface area contributed by atoms with Crippen molar-refractivity contribution in [2.75, 3.05) is 5.32 Å². The Labute approximate surface area is 148 Å². The third kappa shape index (κ3) is 3.06. The van der Waals surface area contributed by atoms with Gasteiger partial charge in [0.05, 0.1) is 11.4 Å². The Hall–Kier alpha value is -3.48. The van der Waals surface area contributed by atoms with Gasteiger partial charge in [0.1, 0.15) is 0 Å². The highest BCUT2D eigenvalue weighted by Gasteiger charge is 2.30. The molecule has 1 fully saturated rings. The molecule has 0 spiro atoms. The predicted molar refractivity (Wildman–Crippen MR) is 95.4 cm³/mol. The lowest BCUT2D eigenvalue weighted by molar-refractivity contribution is -0.125. The van der Waals surface area contributed by atoms with Crippen LogP contribution in [0.25, 0.3) is 10.9 Å². The van der Waals surface area contributed by atoms with E-state index >= 15 is 0 Å². The van der Waals surface area contributed by atoms with Crippen LogP contribution in [0.1, 0.15) is 22.5 Å². The predicted octanol–water partition coefficient (Wildman–Crippen LogP) is 2.02. The lowest BCUT2D eigenvalue weighted by Gasteiger charge is -2.08. The zero-order valence-electron chi connectivity index (χ0n) is 13.8. The SMILES string of the molecule is O=C1C[C@H](Cc2ccc(NC(=O)c3n[nH]c4ccccc34)cc2)C(=O)N1. The van der Waals surface area contributed by atoms with Crippen LogP contribution in [-0.4, -0.2) is 27.9 Å². The molecule has 3 amide bonds. The average molecular weight is 348 g/mol. The quantitative estimate of drug-likeness (QED) is 0.628. The molecule has 26 heavy (non-hydrogen) atoms. The van der Waals surface area contributed by atoms with Crippen molar-refractivity contribution in [1.29, 1.82) is 0 Å². The molecule has 1 atom stereocenters. The smallest absolute Gasteiger partial charge is 0.276 e. The van der Waals surface area contributed by atoms with E-state index in [9.17, 15) is 14.4 Å². The summed E-state index contributed by atoms with van der Waals surface area (Å²) in [5.74, 6) is -1.07. The molecule has 0 radical (unpaired) electrons. The fraction of sp³-hybridized carbons (Fsp3) is 0.158. The Morgan fingerprint density at radius 3 is 2.62 bits per heavy atom. The zero-order valence-corrected chi connectivity index (χ0v) is 13.8. The van der Waals surface area contributed by atoms with Crippen molar-refractivity contribution in [2.45, 2.75) is 12.8 Å². The summed E-state index contributed by atoms with van der Waals surface area (Å²) in [6.07, 6.45) is 0.722. The van der Waals surface area contributed by atoms with E-state index in [-0.39, 0.29) is 30.1 Å². The van der Waals surface area contributed by atoms with Crippen molar-refractivity contribution in [1.82, 2.24) is 15.5 Å². The van der Waals surface area contributed by atoms with Crippen LogP contribution < -0.4 is 10.6 Å². The molecule has 4 rings (SSSR count). The molecule has 1 aromatic heterocycles. The lowest BCUT2D eigenvalue weighted by atomic mass is 9.98.